The SMILES string of the molecule is Cc1ccc(NC(=O)[C@H](C(C)C)N2C(=O)[C@@H]3[C@H](C2=O)C2(Cl)c4ccccc4C3(Cl)c3ccccc32)cc1Cl. The van der Waals surface area contributed by atoms with E-state index in [1.54, 1.807) is 32.0 Å². The maximum Gasteiger partial charge on any atom is 0.247 e. The number of amides is 3. The van der Waals surface area contributed by atoms with Gasteiger partial charge < -0.3 is 5.32 Å². The summed E-state index contributed by atoms with van der Waals surface area (Å²) in [5.74, 6) is -3.73. The third-order valence-electron chi connectivity index (χ3n) is 8.24. The van der Waals surface area contributed by atoms with Crippen LogP contribution in [0.5, 0.6) is 0 Å². The zero-order valence-corrected chi connectivity index (χ0v) is 23.2. The van der Waals surface area contributed by atoms with Gasteiger partial charge in [-0.15, -0.1) is 23.2 Å². The van der Waals surface area contributed by atoms with E-state index in [1.165, 1.54) is 0 Å². The number of nitrogens with one attached hydrogen (secondary N) is 1. The van der Waals surface area contributed by atoms with Gasteiger partial charge in [0.2, 0.25) is 17.7 Å². The van der Waals surface area contributed by atoms with E-state index >= 15 is 0 Å². The zero-order valence-electron chi connectivity index (χ0n) is 21.0. The topological polar surface area (TPSA) is 66.5 Å². The molecule has 0 spiro atoms. The van der Waals surface area contributed by atoms with E-state index in [0.717, 1.165) is 32.7 Å². The predicted octanol–water partition coefficient (Wildman–Crippen LogP) is 6.20. The van der Waals surface area contributed by atoms with Crippen molar-refractivity contribution in [1.82, 2.24) is 4.90 Å². The largest absolute Gasteiger partial charge is 0.324 e. The minimum atomic E-state index is -1.29. The summed E-state index contributed by atoms with van der Waals surface area (Å²) in [5.41, 5.74) is 4.24. The standard InChI is InChI=1S/C30H25Cl3N2O3/c1-15(2)25(26(36)34-17-13-12-16(3)22(31)14-17)35-27(37)23-24(28(35)38)30(33)19-9-5-4-8-18(19)29(23,32)20-10-6-7-11-21(20)30/h4-15,23-25H,1-3H3,(H,34,36)/t23-,24+,25-,29?,30?/m0/s1. The van der Waals surface area contributed by atoms with E-state index in [1.807, 2.05) is 55.5 Å². The van der Waals surface area contributed by atoms with E-state index in [-0.39, 0.29) is 5.92 Å². The third kappa shape index (κ3) is 3.16. The molecule has 7 rings (SSSR count). The highest BCUT2D eigenvalue weighted by molar-refractivity contribution is 6.36. The van der Waals surface area contributed by atoms with Crippen molar-refractivity contribution >= 4 is 58.2 Å². The average molecular weight is 568 g/mol. The number of hydrogen-bond acceptors (Lipinski definition) is 3. The van der Waals surface area contributed by atoms with Crippen LogP contribution in [0.1, 0.15) is 41.7 Å². The van der Waals surface area contributed by atoms with E-state index in [9.17, 15) is 14.4 Å². The predicted molar refractivity (Wildman–Crippen MR) is 148 cm³/mol. The lowest BCUT2D eigenvalue weighted by Gasteiger charge is -2.54. The second-order valence-electron chi connectivity index (χ2n) is 10.7. The Morgan fingerprint density at radius 3 is 1.68 bits per heavy atom. The number of rotatable bonds is 4. The van der Waals surface area contributed by atoms with Gasteiger partial charge in [0.05, 0.1) is 11.8 Å². The molecule has 1 N–H and O–H groups in total. The molecule has 1 saturated heterocycles. The summed E-state index contributed by atoms with van der Waals surface area (Å²) in [6, 6.07) is 19.0. The molecule has 194 valence electrons. The van der Waals surface area contributed by atoms with Gasteiger partial charge in [-0.25, -0.2) is 0 Å². The van der Waals surface area contributed by atoms with E-state index < -0.39 is 45.3 Å². The Hall–Kier alpha value is -2.86. The van der Waals surface area contributed by atoms with Gasteiger partial charge in [-0.05, 0) is 52.8 Å². The maximum atomic E-state index is 14.3. The van der Waals surface area contributed by atoms with Gasteiger partial charge in [-0.2, -0.15) is 0 Å². The van der Waals surface area contributed by atoms with E-state index in [0.29, 0.717) is 10.7 Å². The van der Waals surface area contributed by atoms with Crippen LogP contribution in [0, 0.1) is 24.7 Å². The Morgan fingerprint density at radius 1 is 0.842 bits per heavy atom. The number of aryl methyl sites for hydroxylation is 1. The Balaban J connectivity index is 1.47. The lowest BCUT2D eigenvalue weighted by molar-refractivity contribution is -0.148. The fourth-order valence-corrected chi connectivity index (χ4v) is 7.85. The number of anilines is 1. The number of imide groups is 1. The van der Waals surface area contributed by atoms with Crippen molar-refractivity contribution in [3.8, 4) is 0 Å². The Labute approximate surface area is 236 Å². The molecule has 0 unspecified atom stereocenters. The van der Waals surface area contributed by atoms with Crippen LogP contribution in [0.15, 0.2) is 66.7 Å². The monoisotopic (exact) mass is 566 g/mol. The molecule has 1 heterocycles. The van der Waals surface area contributed by atoms with Gasteiger partial charge in [-0.1, -0.05) is 80.0 Å². The summed E-state index contributed by atoms with van der Waals surface area (Å²) < 4.78 is 0. The quantitative estimate of drug-likeness (QED) is 0.301. The van der Waals surface area contributed by atoms with Crippen molar-refractivity contribution < 1.29 is 14.4 Å². The molecule has 8 heteroatoms. The van der Waals surface area contributed by atoms with Gasteiger partial charge in [0.1, 0.15) is 15.8 Å². The molecule has 3 aromatic carbocycles. The molecule has 0 radical (unpaired) electrons. The van der Waals surface area contributed by atoms with Gasteiger partial charge in [0.25, 0.3) is 0 Å². The molecule has 4 aliphatic rings. The van der Waals surface area contributed by atoms with Crippen LogP contribution in [0.3, 0.4) is 0 Å². The Bertz CT molecular complexity index is 1410. The molecule has 1 fully saturated rings. The fourth-order valence-electron chi connectivity index (χ4n) is 6.57. The highest BCUT2D eigenvalue weighted by atomic mass is 35.5. The van der Waals surface area contributed by atoms with Crippen molar-refractivity contribution in [2.75, 3.05) is 5.32 Å². The smallest absolute Gasteiger partial charge is 0.247 e. The zero-order chi connectivity index (χ0) is 27.1. The number of likely N-dealkylation sites (tertiary alicyclic amines) is 1. The molecule has 3 aromatic rings. The molecular weight excluding hydrogens is 543 g/mol. The Morgan fingerprint density at radius 2 is 1.29 bits per heavy atom. The third-order valence-corrected chi connectivity index (χ3v) is 9.93. The highest BCUT2D eigenvalue weighted by Crippen LogP contribution is 2.69. The van der Waals surface area contributed by atoms with Gasteiger partial charge in [-0.3, -0.25) is 19.3 Å². The minimum Gasteiger partial charge on any atom is -0.324 e. The summed E-state index contributed by atoms with van der Waals surface area (Å²) in [5, 5.41) is 3.35. The molecule has 2 bridgehead atoms. The van der Waals surface area contributed by atoms with Crippen molar-refractivity contribution in [2.24, 2.45) is 17.8 Å². The average Bonchev–Trinajstić information content (AvgIpc) is 3.16. The van der Waals surface area contributed by atoms with Gasteiger partial charge in [0, 0.05) is 10.7 Å². The van der Waals surface area contributed by atoms with Gasteiger partial charge >= 0.3 is 0 Å². The number of carbonyl (C=O) groups excluding carboxylic acids is 3. The normalized spacial score (nSPS) is 27.7. The second kappa shape index (κ2) is 8.57. The van der Waals surface area contributed by atoms with Crippen molar-refractivity contribution in [2.45, 2.75) is 36.6 Å². The molecule has 0 saturated carbocycles. The molecule has 3 aliphatic carbocycles. The van der Waals surface area contributed by atoms with E-state index in [2.05, 4.69) is 5.32 Å². The molecular formula is C30H25Cl3N2O3. The van der Waals surface area contributed by atoms with Crippen LogP contribution >= 0.6 is 34.8 Å². The van der Waals surface area contributed by atoms with Gasteiger partial charge in [0.15, 0.2) is 0 Å². The first-order valence-electron chi connectivity index (χ1n) is 12.5. The second-order valence-corrected chi connectivity index (χ2v) is 12.3. The number of benzene rings is 3. The summed E-state index contributed by atoms with van der Waals surface area (Å²) in [4.78, 5) is 40.7. The molecule has 0 aromatic heterocycles. The molecule has 5 nitrogen and oxygen atoms in total. The Kier molecular flexibility index (Phi) is 5.73. The molecule has 38 heavy (non-hydrogen) atoms. The summed E-state index contributed by atoms with van der Waals surface area (Å²) in [7, 11) is 0. The van der Waals surface area contributed by atoms with Crippen molar-refractivity contribution in [3.05, 3.63) is 99.6 Å². The fraction of sp³-hybridized carbons (Fsp3) is 0.300. The van der Waals surface area contributed by atoms with Crippen LogP contribution in [-0.2, 0) is 24.1 Å². The number of carbonyl (C=O) groups is 3. The highest BCUT2D eigenvalue weighted by Gasteiger charge is 2.73. The van der Waals surface area contributed by atoms with Crippen LogP contribution in [0.2, 0.25) is 5.02 Å². The molecule has 3 atom stereocenters. The molecule has 3 amide bonds. The summed E-state index contributed by atoms with van der Waals surface area (Å²) in [6.45, 7) is 5.47. The first-order valence-corrected chi connectivity index (χ1v) is 13.7. The number of alkyl halides is 2. The minimum absolute atomic E-state index is 0.371. The van der Waals surface area contributed by atoms with Crippen molar-refractivity contribution in [1.29, 1.82) is 0 Å². The lowest BCUT2D eigenvalue weighted by atomic mass is 9.54. The van der Waals surface area contributed by atoms with E-state index in [4.69, 9.17) is 34.8 Å². The lowest BCUT2D eigenvalue weighted by Crippen LogP contribution is -2.57. The van der Waals surface area contributed by atoms with Crippen LogP contribution in [0.25, 0.3) is 0 Å². The number of hydrogen-bond donors (Lipinski definition) is 1. The first-order chi connectivity index (χ1) is 18.0. The number of nitrogens with zero attached hydrogens (tertiary/aromatic N) is 1. The van der Waals surface area contributed by atoms with Crippen LogP contribution < -0.4 is 5.32 Å². The van der Waals surface area contributed by atoms with Crippen LogP contribution in [-0.4, -0.2) is 28.7 Å². The van der Waals surface area contributed by atoms with Crippen molar-refractivity contribution in [3.63, 3.8) is 0 Å². The molecule has 1 aliphatic heterocycles. The first kappa shape index (κ1) is 25.4. The maximum absolute atomic E-state index is 14.3. The summed E-state index contributed by atoms with van der Waals surface area (Å²) in [6.07, 6.45) is 0. The van der Waals surface area contributed by atoms with Crippen LogP contribution in [0.4, 0.5) is 5.69 Å². The summed E-state index contributed by atoms with van der Waals surface area (Å²) >= 11 is 21.3. The number of halogens is 3.